The Bertz CT molecular complexity index is 348. The maximum Gasteiger partial charge on any atom is 0.0946 e. The van der Waals surface area contributed by atoms with Crippen LogP contribution in [0.3, 0.4) is 0 Å². The molecule has 1 aliphatic heterocycles. The molecular weight excluding hydrogens is 236 g/mol. The second-order valence-corrected chi connectivity index (χ2v) is 6.09. The van der Waals surface area contributed by atoms with Crippen molar-refractivity contribution >= 4 is 0 Å². The van der Waals surface area contributed by atoms with Crippen molar-refractivity contribution in [3.05, 3.63) is 18.7 Å². The number of hydrogen-bond acceptors (Lipinski definition) is 3. The molecular formula is C15H26N4. The molecule has 0 spiro atoms. The zero-order valence-corrected chi connectivity index (χ0v) is 11.9. The number of rotatable bonds is 5. The van der Waals surface area contributed by atoms with Crippen molar-refractivity contribution in [2.45, 2.75) is 32.2 Å². The van der Waals surface area contributed by atoms with Gasteiger partial charge >= 0.3 is 0 Å². The third kappa shape index (κ3) is 3.80. The van der Waals surface area contributed by atoms with E-state index >= 15 is 0 Å². The van der Waals surface area contributed by atoms with E-state index in [0.717, 1.165) is 19.0 Å². The first-order valence-electron chi connectivity index (χ1n) is 7.80. The van der Waals surface area contributed by atoms with Crippen LogP contribution < -0.4 is 0 Å². The molecule has 106 valence electrons. The summed E-state index contributed by atoms with van der Waals surface area (Å²) in [5.41, 5.74) is 0. The topological polar surface area (TPSA) is 24.3 Å². The third-order valence-electron chi connectivity index (χ3n) is 4.69. The summed E-state index contributed by atoms with van der Waals surface area (Å²) in [6.45, 7) is 8.59. The molecule has 1 saturated carbocycles. The Hall–Kier alpha value is -0.870. The molecule has 1 saturated heterocycles. The molecule has 1 aromatic heterocycles. The van der Waals surface area contributed by atoms with Gasteiger partial charge in [0.2, 0.25) is 0 Å². The SMILES string of the molecule is c1cn(CCN2CCN(CC3CCCC3)CC2)cn1. The van der Waals surface area contributed by atoms with Crippen LogP contribution >= 0.6 is 0 Å². The van der Waals surface area contributed by atoms with E-state index in [4.69, 9.17) is 0 Å². The summed E-state index contributed by atoms with van der Waals surface area (Å²) in [5.74, 6) is 0.998. The van der Waals surface area contributed by atoms with Crippen LogP contribution in [-0.4, -0.2) is 58.6 Å². The van der Waals surface area contributed by atoms with Crippen LogP contribution in [0.25, 0.3) is 0 Å². The first-order chi connectivity index (χ1) is 9.40. The second kappa shape index (κ2) is 6.53. The van der Waals surface area contributed by atoms with Crippen LogP contribution in [0.2, 0.25) is 0 Å². The molecule has 0 unspecified atom stereocenters. The molecule has 2 fully saturated rings. The van der Waals surface area contributed by atoms with E-state index in [1.807, 2.05) is 12.5 Å². The Morgan fingerprint density at radius 3 is 2.37 bits per heavy atom. The van der Waals surface area contributed by atoms with Gasteiger partial charge < -0.3 is 9.47 Å². The lowest BCUT2D eigenvalue weighted by atomic mass is 10.1. The zero-order valence-electron chi connectivity index (χ0n) is 11.9. The molecule has 4 nitrogen and oxygen atoms in total. The van der Waals surface area contributed by atoms with E-state index in [1.54, 1.807) is 0 Å². The van der Waals surface area contributed by atoms with E-state index in [0.29, 0.717) is 0 Å². The average Bonchev–Trinajstić information content (AvgIpc) is 3.11. The fourth-order valence-corrected chi connectivity index (χ4v) is 3.43. The van der Waals surface area contributed by atoms with Crippen molar-refractivity contribution in [1.82, 2.24) is 19.4 Å². The van der Waals surface area contributed by atoms with Crippen molar-refractivity contribution in [3.8, 4) is 0 Å². The van der Waals surface area contributed by atoms with Crippen molar-refractivity contribution in [1.29, 1.82) is 0 Å². The Morgan fingerprint density at radius 2 is 1.68 bits per heavy atom. The van der Waals surface area contributed by atoms with Gasteiger partial charge in [0.25, 0.3) is 0 Å². The summed E-state index contributed by atoms with van der Waals surface area (Å²) in [6.07, 6.45) is 11.7. The highest BCUT2D eigenvalue weighted by atomic mass is 15.3. The number of aromatic nitrogens is 2. The van der Waals surface area contributed by atoms with Gasteiger partial charge in [-0.25, -0.2) is 4.98 Å². The third-order valence-corrected chi connectivity index (χ3v) is 4.69. The van der Waals surface area contributed by atoms with Gasteiger partial charge in [0.1, 0.15) is 0 Å². The summed E-state index contributed by atoms with van der Waals surface area (Å²) in [6, 6.07) is 0. The van der Waals surface area contributed by atoms with E-state index < -0.39 is 0 Å². The van der Waals surface area contributed by atoms with Gasteiger partial charge in [0, 0.05) is 58.2 Å². The quantitative estimate of drug-likeness (QED) is 0.807. The Kier molecular flexibility index (Phi) is 4.51. The van der Waals surface area contributed by atoms with Crippen LogP contribution in [0.1, 0.15) is 25.7 Å². The lowest BCUT2D eigenvalue weighted by Crippen LogP contribution is -2.48. The number of imidazole rings is 1. The molecule has 4 heteroatoms. The number of hydrogen-bond donors (Lipinski definition) is 0. The van der Waals surface area contributed by atoms with Crippen LogP contribution in [0.15, 0.2) is 18.7 Å². The molecule has 1 aliphatic carbocycles. The molecule has 0 radical (unpaired) electrons. The summed E-state index contributed by atoms with van der Waals surface area (Å²) < 4.78 is 2.17. The predicted octanol–water partition coefficient (Wildman–Crippen LogP) is 1.69. The molecule has 2 heterocycles. The fourth-order valence-electron chi connectivity index (χ4n) is 3.43. The highest BCUT2D eigenvalue weighted by Crippen LogP contribution is 2.25. The van der Waals surface area contributed by atoms with Crippen molar-refractivity contribution in [2.75, 3.05) is 39.3 Å². The van der Waals surface area contributed by atoms with E-state index in [9.17, 15) is 0 Å². The lowest BCUT2D eigenvalue weighted by Gasteiger charge is -2.35. The monoisotopic (exact) mass is 262 g/mol. The minimum absolute atomic E-state index is 0.998. The maximum absolute atomic E-state index is 4.09. The molecule has 2 aliphatic rings. The van der Waals surface area contributed by atoms with Gasteiger partial charge in [0.05, 0.1) is 6.33 Å². The largest absolute Gasteiger partial charge is 0.336 e. The first kappa shape index (κ1) is 13.1. The van der Waals surface area contributed by atoms with Gasteiger partial charge in [0.15, 0.2) is 0 Å². The standard InChI is InChI=1S/C15H26N4/c1-2-4-15(3-1)13-18-10-7-17(8-11-18)9-12-19-6-5-16-14-19/h5-6,14-15H,1-4,7-13H2. The molecule has 1 aromatic rings. The van der Waals surface area contributed by atoms with Crippen molar-refractivity contribution in [2.24, 2.45) is 5.92 Å². The molecule has 0 aromatic carbocycles. The van der Waals surface area contributed by atoms with Gasteiger partial charge in [-0.2, -0.15) is 0 Å². The predicted molar refractivity (Wildman–Crippen MR) is 77.1 cm³/mol. The maximum atomic E-state index is 4.09. The zero-order chi connectivity index (χ0) is 12.9. The average molecular weight is 262 g/mol. The summed E-state index contributed by atoms with van der Waals surface area (Å²) in [7, 11) is 0. The highest BCUT2D eigenvalue weighted by molar-refractivity contribution is 4.78. The van der Waals surface area contributed by atoms with Crippen LogP contribution in [0.4, 0.5) is 0 Å². The second-order valence-electron chi connectivity index (χ2n) is 6.09. The molecule has 3 rings (SSSR count). The molecule has 0 N–H and O–H groups in total. The smallest absolute Gasteiger partial charge is 0.0946 e. The van der Waals surface area contributed by atoms with E-state index in [2.05, 4.69) is 25.5 Å². The van der Waals surface area contributed by atoms with Crippen molar-refractivity contribution in [3.63, 3.8) is 0 Å². The van der Waals surface area contributed by atoms with Crippen LogP contribution in [0.5, 0.6) is 0 Å². The molecule has 0 amide bonds. The Labute approximate surface area is 116 Å². The summed E-state index contributed by atoms with van der Waals surface area (Å²) in [4.78, 5) is 9.36. The van der Waals surface area contributed by atoms with Gasteiger partial charge in [-0.05, 0) is 18.8 Å². The van der Waals surface area contributed by atoms with E-state index in [1.165, 1.54) is 58.4 Å². The fraction of sp³-hybridized carbons (Fsp3) is 0.800. The van der Waals surface area contributed by atoms with Gasteiger partial charge in [-0.3, -0.25) is 4.90 Å². The minimum atomic E-state index is 0.998. The Balaban J connectivity index is 1.34. The first-order valence-corrected chi connectivity index (χ1v) is 7.80. The van der Waals surface area contributed by atoms with Gasteiger partial charge in [-0.1, -0.05) is 12.8 Å². The van der Waals surface area contributed by atoms with Crippen LogP contribution in [0, 0.1) is 5.92 Å². The molecule has 0 atom stereocenters. The number of nitrogens with zero attached hydrogens (tertiary/aromatic N) is 4. The molecule has 19 heavy (non-hydrogen) atoms. The lowest BCUT2D eigenvalue weighted by molar-refractivity contribution is 0.115. The normalized spacial score (nSPS) is 23.2. The summed E-state index contributed by atoms with van der Waals surface area (Å²) >= 11 is 0. The Morgan fingerprint density at radius 1 is 0.947 bits per heavy atom. The summed E-state index contributed by atoms with van der Waals surface area (Å²) in [5, 5.41) is 0. The van der Waals surface area contributed by atoms with E-state index in [-0.39, 0.29) is 0 Å². The van der Waals surface area contributed by atoms with Gasteiger partial charge in [-0.15, -0.1) is 0 Å². The number of piperazine rings is 1. The molecule has 0 bridgehead atoms. The highest BCUT2D eigenvalue weighted by Gasteiger charge is 2.21. The van der Waals surface area contributed by atoms with Crippen LogP contribution in [-0.2, 0) is 6.54 Å². The minimum Gasteiger partial charge on any atom is -0.336 e. The van der Waals surface area contributed by atoms with Crippen molar-refractivity contribution < 1.29 is 0 Å².